The van der Waals surface area contributed by atoms with Crippen LogP contribution >= 0.6 is 0 Å². The number of rotatable bonds is 3. The molecule has 0 amide bonds. The number of aromatic nitrogens is 1. The van der Waals surface area contributed by atoms with E-state index in [4.69, 9.17) is 11.4 Å². The Morgan fingerprint density at radius 3 is 2.65 bits per heavy atom. The number of fused-ring (bicyclic) bond motifs is 1. The largest absolute Gasteiger partial charge is 0.354 e. The highest BCUT2D eigenvalue weighted by atomic mass is 15.3. The van der Waals surface area contributed by atoms with Gasteiger partial charge < -0.3 is 4.90 Å². The summed E-state index contributed by atoms with van der Waals surface area (Å²) >= 11 is 0. The van der Waals surface area contributed by atoms with Crippen molar-refractivity contribution in [1.29, 1.82) is 0 Å². The van der Waals surface area contributed by atoms with Gasteiger partial charge in [0.2, 0.25) is 0 Å². The van der Waals surface area contributed by atoms with Gasteiger partial charge in [0.1, 0.15) is 5.82 Å². The van der Waals surface area contributed by atoms with E-state index in [2.05, 4.69) is 40.0 Å². The molecule has 20 heavy (non-hydrogen) atoms. The fraction of sp³-hybridized carbons (Fsp3) is 0.353. The van der Waals surface area contributed by atoms with Crippen LogP contribution in [-0.4, -0.2) is 42.6 Å². The van der Waals surface area contributed by atoms with Crippen molar-refractivity contribution in [2.75, 3.05) is 37.6 Å². The molecule has 0 aliphatic carbocycles. The molecule has 1 aromatic carbocycles. The summed E-state index contributed by atoms with van der Waals surface area (Å²) in [4.78, 5) is 9.55. The minimum atomic E-state index is 0.841. The fourth-order valence-corrected chi connectivity index (χ4v) is 2.65. The molecule has 0 bridgehead atoms. The van der Waals surface area contributed by atoms with Crippen molar-refractivity contribution in [1.82, 2.24) is 9.88 Å². The Labute approximate surface area is 120 Å². The van der Waals surface area contributed by atoms with Gasteiger partial charge in [0, 0.05) is 44.5 Å². The quantitative estimate of drug-likeness (QED) is 0.794. The Balaban J connectivity index is 1.69. The topological polar surface area (TPSA) is 19.4 Å². The lowest BCUT2D eigenvalue weighted by atomic mass is 10.2. The monoisotopic (exact) mass is 265 g/mol. The molecule has 102 valence electrons. The van der Waals surface area contributed by atoms with E-state index < -0.39 is 0 Å². The summed E-state index contributed by atoms with van der Waals surface area (Å²) in [7, 11) is 0. The molecule has 2 heterocycles. The van der Waals surface area contributed by atoms with Crippen LogP contribution in [0.1, 0.15) is 6.42 Å². The fourth-order valence-electron chi connectivity index (χ4n) is 2.65. The van der Waals surface area contributed by atoms with Gasteiger partial charge in [-0.1, -0.05) is 18.2 Å². The molecule has 0 spiro atoms. The van der Waals surface area contributed by atoms with Crippen LogP contribution in [0.4, 0.5) is 5.82 Å². The Bertz CT molecular complexity index is 621. The minimum Gasteiger partial charge on any atom is -0.354 e. The molecule has 1 aliphatic rings. The Morgan fingerprint density at radius 1 is 1.05 bits per heavy atom. The first-order valence-corrected chi connectivity index (χ1v) is 7.13. The number of nitrogens with zero attached hydrogens (tertiary/aromatic N) is 3. The van der Waals surface area contributed by atoms with Gasteiger partial charge in [-0.15, -0.1) is 12.3 Å². The van der Waals surface area contributed by atoms with Crippen molar-refractivity contribution in [2.24, 2.45) is 0 Å². The number of anilines is 1. The number of para-hydroxylation sites is 1. The second-order valence-electron chi connectivity index (χ2n) is 5.14. The molecule has 1 aliphatic heterocycles. The van der Waals surface area contributed by atoms with E-state index in [0.29, 0.717) is 0 Å². The minimum absolute atomic E-state index is 0.841. The molecular formula is C17H19N3. The standard InChI is InChI=1S/C17H19N3/c1-2-3-10-19-11-13-20(14-12-19)17-9-8-15-6-4-5-7-16(15)18-17/h1,4-9H,3,10-14H2. The molecule has 1 fully saturated rings. The van der Waals surface area contributed by atoms with Gasteiger partial charge in [-0.3, -0.25) is 4.90 Å². The first-order chi connectivity index (χ1) is 9.86. The first-order valence-electron chi connectivity index (χ1n) is 7.13. The highest BCUT2D eigenvalue weighted by molar-refractivity contribution is 5.80. The van der Waals surface area contributed by atoms with E-state index in [1.54, 1.807) is 0 Å². The molecule has 1 saturated heterocycles. The van der Waals surface area contributed by atoms with Crippen LogP contribution in [0.3, 0.4) is 0 Å². The molecule has 3 nitrogen and oxygen atoms in total. The van der Waals surface area contributed by atoms with Gasteiger partial charge in [-0.05, 0) is 18.2 Å². The summed E-state index contributed by atoms with van der Waals surface area (Å²) in [6.07, 6.45) is 6.16. The normalized spacial score (nSPS) is 16.2. The highest BCUT2D eigenvalue weighted by Crippen LogP contribution is 2.19. The lowest BCUT2D eigenvalue weighted by Gasteiger charge is -2.35. The zero-order valence-corrected chi connectivity index (χ0v) is 11.6. The van der Waals surface area contributed by atoms with Crippen LogP contribution in [0, 0.1) is 12.3 Å². The van der Waals surface area contributed by atoms with Crippen LogP contribution in [0.2, 0.25) is 0 Å². The first kappa shape index (κ1) is 13.0. The SMILES string of the molecule is C#CCCN1CCN(c2ccc3ccccc3n2)CC1. The Hall–Kier alpha value is -2.05. The molecule has 0 radical (unpaired) electrons. The molecule has 0 N–H and O–H groups in total. The number of pyridine rings is 1. The summed E-state index contributed by atoms with van der Waals surface area (Å²) in [6, 6.07) is 12.5. The predicted molar refractivity (Wildman–Crippen MR) is 83.8 cm³/mol. The van der Waals surface area contributed by atoms with E-state index in [1.165, 1.54) is 5.39 Å². The predicted octanol–water partition coefficient (Wildman–Crippen LogP) is 2.38. The molecule has 3 heteroatoms. The van der Waals surface area contributed by atoms with Crippen LogP contribution in [-0.2, 0) is 0 Å². The van der Waals surface area contributed by atoms with Gasteiger partial charge in [0.15, 0.2) is 0 Å². The summed E-state index contributed by atoms with van der Waals surface area (Å²) in [5, 5.41) is 1.20. The number of terminal acetylenes is 1. The number of piperazine rings is 1. The van der Waals surface area contributed by atoms with Gasteiger partial charge in [-0.25, -0.2) is 4.98 Å². The third kappa shape index (κ3) is 2.76. The molecule has 3 rings (SSSR count). The molecule has 2 aromatic rings. The zero-order valence-electron chi connectivity index (χ0n) is 11.6. The van der Waals surface area contributed by atoms with Crippen LogP contribution in [0.15, 0.2) is 36.4 Å². The van der Waals surface area contributed by atoms with Crippen molar-refractivity contribution in [3.63, 3.8) is 0 Å². The third-order valence-electron chi connectivity index (χ3n) is 3.85. The van der Waals surface area contributed by atoms with Crippen molar-refractivity contribution in [2.45, 2.75) is 6.42 Å². The Morgan fingerprint density at radius 2 is 1.85 bits per heavy atom. The summed E-state index contributed by atoms with van der Waals surface area (Å²) in [5.41, 5.74) is 1.07. The lowest BCUT2D eigenvalue weighted by molar-refractivity contribution is 0.263. The van der Waals surface area contributed by atoms with Crippen LogP contribution < -0.4 is 4.90 Å². The smallest absolute Gasteiger partial charge is 0.129 e. The maximum absolute atomic E-state index is 5.32. The van der Waals surface area contributed by atoms with Crippen LogP contribution in [0.25, 0.3) is 10.9 Å². The van der Waals surface area contributed by atoms with Crippen molar-refractivity contribution < 1.29 is 0 Å². The van der Waals surface area contributed by atoms with Gasteiger partial charge in [0.25, 0.3) is 0 Å². The maximum atomic E-state index is 5.32. The number of hydrogen-bond donors (Lipinski definition) is 0. The summed E-state index contributed by atoms with van der Waals surface area (Å²) < 4.78 is 0. The van der Waals surface area contributed by atoms with Crippen molar-refractivity contribution >= 4 is 16.7 Å². The second-order valence-corrected chi connectivity index (χ2v) is 5.14. The molecule has 0 saturated carbocycles. The van der Waals surface area contributed by atoms with E-state index in [9.17, 15) is 0 Å². The maximum Gasteiger partial charge on any atom is 0.129 e. The van der Waals surface area contributed by atoms with E-state index >= 15 is 0 Å². The number of benzene rings is 1. The third-order valence-corrected chi connectivity index (χ3v) is 3.85. The average Bonchev–Trinajstić information content (AvgIpc) is 2.53. The van der Waals surface area contributed by atoms with E-state index in [1.807, 2.05) is 12.1 Å². The van der Waals surface area contributed by atoms with Crippen LogP contribution in [0.5, 0.6) is 0 Å². The molecular weight excluding hydrogens is 246 g/mol. The summed E-state index contributed by atoms with van der Waals surface area (Å²) in [5.74, 6) is 3.79. The zero-order chi connectivity index (χ0) is 13.8. The average molecular weight is 265 g/mol. The van der Waals surface area contributed by atoms with E-state index in [-0.39, 0.29) is 0 Å². The Kier molecular flexibility index (Phi) is 3.85. The molecule has 0 unspecified atom stereocenters. The van der Waals surface area contributed by atoms with Gasteiger partial charge >= 0.3 is 0 Å². The van der Waals surface area contributed by atoms with Crippen molar-refractivity contribution in [3.05, 3.63) is 36.4 Å². The molecule has 1 aromatic heterocycles. The molecule has 0 atom stereocenters. The summed E-state index contributed by atoms with van der Waals surface area (Å²) in [6.45, 7) is 5.19. The van der Waals surface area contributed by atoms with Crippen molar-refractivity contribution in [3.8, 4) is 12.3 Å². The lowest BCUT2D eigenvalue weighted by Crippen LogP contribution is -2.46. The number of hydrogen-bond acceptors (Lipinski definition) is 3. The van der Waals surface area contributed by atoms with Gasteiger partial charge in [0.05, 0.1) is 5.52 Å². The second kappa shape index (κ2) is 5.94. The highest BCUT2D eigenvalue weighted by Gasteiger charge is 2.17. The van der Waals surface area contributed by atoms with Gasteiger partial charge in [-0.2, -0.15) is 0 Å². The van der Waals surface area contributed by atoms with E-state index in [0.717, 1.165) is 50.5 Å².